The molecule has 3 aromatic carbocycles. The predicted octanol–water partition coefficient (Wildman–Crippen LogP) is 5.72. The summed E-state index contributed by atoms with van der Waals surface area (Å²) in [6.45, 7) is 6.15. The summed E-state index contributed by atoms with van der Waals surface area (Å²) < 4.78 is 30.3. The van der Waals surface area contributed by atoms with E-state index < -0.39 is 10.0 Å². The number of piperidine rings is 1. The number of sulfonamides is 1. The Balaban J connectivity index is 1.43. The highest BCUT2D eigenvalue weighted by molar-refractivity contribution is 7.91. The van der Waals surface area contributed by atoms with Crippen molar-refractivity contribution in [1.82, 2.24) is 14.5 Å². The monoisotopic (exact) mass is 614 g/mol. The lowest BCUT2D eigenvalue weighted by Gasteiger charge is -2.39. The zero-order chi connectivity index (χ0) is 31.3. The van der Waals surface area contributed by atoms with Gasteiger partial charge < -0.3 is 10.3 Å². The maximum atomic E-state index is 14.0. The lowest BCUT2D eigenvalue weighted by Crippen LogP contribution is -2.44. The van der Waals surface area contributed by atoms with E-state index in [2.05, 4.69) is 23.5 Å². The van der Waals surface area contributed by atoms with Gasteiger partial charge in [0.15, 0.2) is 0 Å². The molecule has 0 bridgehead atoms. The summed E-state index contributed by atoms with van der Waals surface area (Å²) in [5.41, 5.74) is 9.04. The molecule has 9 nitrogen and oxygen atoms in total. The molecule has 1 saturated heterocycles. The predicted molar refractivity (Wildman–Crippen MR) is 178 cm³/mol. The Hall–Kier alpha value is -4.02. The van der Waals surface area contributed by atoms with Gasteiger partial charge in [0.25, 0.3) is 5.56 Å². The molecule has 0 unspecified atom stereocenters. The third-order valence-electron chi connectivity index (χ3n) is 8.54. The van der Waals surface area contributed by atoms with Crippen LogP contribution in [0.3, 0.4) is 0 Å². The van der Waals surface area contributed by atoms with Gasteiger partial charge in [0.2, 0.25) is 10.0 Å². The summed E-state index contributed by atoms with van der Waals surface area (Å²) in [4.78, 5) is 21.3. The van der Waals surface area contributed by atoms with Crippen LogP contribution in [0.1, 0.15) is 63.5 Å². The van der Waals surface area contributed by atoms with Crippen LogP contribution >= 0.6 is 0 Å². The van der Waals surface area contributed by atoms with Crippen LogP contribution in [0.4, 0.5) is 5.69 Å². The van der Waals surface area contributed by atoms with Gasteiger partial charge in [-0.25, -0.2) is 13.4 Å². The molecule has 0 amide bonds. The maximum absolute atomic E-state index is 14.0. The average molecular weight is 615 g/mol. The fourth-order valence-electron chi connectivity index (χ4n) is 6.21. The van der Waals surface area contributed by atoms with Gasteiger partial charge in [-0.2, -0.15) is 0 Å². The molecule has 0 saturated carbocycles. The molecule has 4 N–H and O–H groups in total. The molecule has 4 aromatic rings. The summed E-state index contributed by atoms with van der Waals surface area (Å²) >= 11 is 0. The Labute approximate surface area is 259 Å². The molecule has 0 radical (unpaired) electrons. The van der Waals surface area contributed by atoms with E-state index in [0.717, 1.165) is 25.8 Å². The molecule has 2 heterocycles. The fourth-order valence-corrected chi connectivity index (χ4v) is 7.40. The number of hydrogen-bond acceptors (Lipinski definition) is 6. The van der Waals surface area contributed by atoms with Crippen LogP contribution in [0.25, 0.3) is 22.3 Å². The van der Waals surface area contributed by atoms with Crippen LogP contribution in [-0.2, 0) is 22.3 Å². The largest absolute Gasteiger partial charge is 0.384 e. The molecule has 0 aliphatic carbocycles. The van der Waals surface area contributed by atoms with E-state index in [1.165, 1.54) is 19.3 Å². The molecule has 10 heteroatoms. The van der Waals surface area contributed by atoms with Gasteiger partial charge in [0.05, 0.1) is 22.5 Å². The Morgan fingerprint density at radius 2 is 1.68 bits per heavy atom. The van der Waals surface area contributed by atoms with Gasteiger partial charge in [-0.05, 0) is 75.9 Å². The quantitative estimate of drug-likeness (QED) is 0.106. The minimum atomic E-state index is -3.68. The number of nitrogens with zero attached hydrogens (tertiary/aromatic N) is 3. The number of anilines is 1. The molecule has 5 rings (SSSR count). The van der Waals surface area contributed by atoms with Crippen LogP contribution in [0.15, 0.2) is 77.6 Å². The number of nitrogen functional groups attached to an aromatic ring is 1. The zero-order valence-electron chi connectivity index (χ0n) is 25.5. The van der Waals surface area contributed by atoms with Crippen molar-refractivity contribution in [3.63, 3.8) is 0 Å². The molecule has 44 heavy (non-hydrogen) atoms. The standard InChI is InChI=1S/C34H42N6O3S/c1-24-11-9-12-25(2)39(24)19-7-4-8-20-40-31-22-29(38-44(42,43)23-26-13-5-3-6-14-26)17-18-30(31)37-32(34(40)41)27-15-10-16-28(21-27)33(35)36/h3,5-6,10,13-18,21-22,24-25,38H,4,7-9,11-12,19-20,23H2,1-2H3,(H3,35,36)/t24-,25+. The molecule has 1 aliphatic heterocycles. The van der Waals surface area contributed by atoms with Gasteiger partial charge in [0.1, 0.15) is 11.5 Å². The van der Waals surface area contributed by atoms with Crippen molar-refractivity contribution < 1.29 is 8.42 Å². The second-order valence-electron chi connectivity index (χ2n) is 11.9. The number of aryl methyl sites for hydroxylation is 1. The number of unbranched alkanes of at least 4 members (excludes halogenated alkanes) is 2. The highest BCUT2D eigenvalue weighted by atomic mass is 32.2. The smallest absolute Gasteiger partial charge is 0.277 e. The van der Waals surface area contributed by atoms with Gasteiger partial charge in [-0.3, -0.25) is 19.8 Å². The van der Waals surface area contributed by atoms with Crippen molar-refractivity contribution in [1.29, 1.82) is 5.41 Å². The Morgan fingerprint density at radius 1 is 0.955 bits per heavy atom. The fraction of sp³-hybridized carbons (Fsp3) is 0.382. The second-order valence-corrected chi connectivity index (χ2v) is 13.6. The van der Waals surface area contributed by atoms with Gasteiger partial charge in [0, 0.05) is 29.8 Å². The van der Waals surface area contributed by atoms with E-state index >= 15 is 0 Å². The maximum Gasteiger partial charge on any atom is 0.277 e. The summed E-state index contributed by atoms with van der Waals surface area (Å²) in [6, 6.07) is 22.3. The molecule has 1 aromatic heterocycles. The molecule has 232 valence electrons. The number of aromatic nitrogens is 2. The van der Waals surface area contributed by atoms with Crippen molar-refractivity contribution in [3.8, 4) is 11.3 Å². The average Bonchev–Trinajstić information content (AvgIpc) is 2.99. The molecular formula is C34H42N6O3S. The van der Waals surface area contributed by atoms with E-state index in [1.54, 1.807) is 59.2 Å². The highest BCUT2D eigenvalue weighted by Gasteiger charge is 2.24. The topological polar surface area (TPSA) is 134 Å². The minimum Gasteiger partial charge on any atom is -0.384 e. The number of fused-ring (bicyclic) bond motifs is 1. The Kier molecular flexibility index (Phi) is 9.80. The molecule has 2 atom stereocenters. The first-order valence-electron chi connectivity index (χ1n) is 15.4. The van der Waals surface area contributed by atoms with Crippen molar-refractivity contribution in [3.05, 3.63) is 94.3 Å². The van der Waals surface area contributed by atoms with Crippen LogP contribution in [0.5, 0.6) is 0 Å². The number of rotatable bonds is 12. The number of hydrogen-bond donors (Lipinski definition) is 3. The summed E-state index contributed by atoms with van der Waals surface area (Å²) in [6.07, 6.45) is 6.59. The first-order valence-corrected chi connectivity index (χ1v) is 17.1. The normalized spacial score (nSPS) is 17.5. The van der Waals surface area contributed by atoms with Gasteiger partial charge >= 0.3 is 0 Å². The van der Waals surface area contributed by atoms with Crippen LogP contribution in [-0.4, -0.2) is 47.3 Å². The summed E-state index contributed by atoms with van der Waals surface area (Å²) in [5, 5.41) is 7.83. The lowest BCUT2D eigenvalue weighted by atomic mass is 9.97. The molecule has 1 fully saturated rings. The summed E-state index contributed by atoms with van der Waals surface area (Å²) in [7, 11) is -3.68. The van der Waals surface area contributed by atoms with Crippen molar-refractivity contribution in [2.75, 3.05) is 11.3 Å². The van der Waals surface area contributed by atoms with Crippen LogP contribution < -0.4 is 16.0 Å². The highest BCUT2D eigenvalue weighted by Crippen LogP contribution is 2.25. The van der Waals surface area contributed by atoms with E-state index in [4.69, 9.17) is 16.1 Å². The van der Waals surface area contributed by atoms with Crippen molar-refractivity contribution in [2.45, 2.75) is 76.8 Å². The zero-order valence-corrected chi connectivity index (χ0v) is 26.3. The van der Waals surface area contributed by atoms with Crippen molar-refractivity contribution in [2.24, 2.45) is 5.73 Å². The van der Waals surface area contributed by atoms with Gasteiger partial charge in [-0.15, -0.1) is 0 Å². The number of nitrogens with two attached hydrogens (primary N) is 1. The van der Waals surface area contributed by atoms with E-state index in [-0.39, 0.29) is 22.8 Å². The van der Waals surface area contributed by atoms with E-state index in [9.17, 15) is 13.2 Å². The number of benzene rings is 3. The first-order chi connectivity index (χ1) is 21.1. The third-order valence-corrected chi connectivity index (χ3v) is 9.80. The van der Waals surface area contributed by atoms with Crippen LogP contribution in [0, 0.1) is 5.41 Å². The second kappa shape index (κ2) is 13.7. The third kappa shape index (κ3) is 7.54. The van der Waals surface area contributed by atoms with Crippen molar-refractivity contribution >= 4 is 32.6 Å². The van der Waals surface area contributed by atoms with E-state index in [1.807, 2.05) is 18.2 Å². The molecule has 0 spiro atoms. The summed E-state index contributed by atoms with van der Waals surface area (Å²) in [5.74, 6) is -0.242. The van der Waals surface area contributed by atoms with Gasteiger partial charge in [-0.1, -0.05) is 61.4 Å². The van der Waals surface area contributed by atoms with E-state index in [0.29, 0.717) is 52.0 Å². The number of likely N-dealkylation sites (tertiary alicyclic amines) is 1. The minimum absolute atomic E-state index is 0.0854. The molecule has 1 aliphatic rings. The number of amidine groups is 1. The SMILES string of the molecule is C[C@@H]1CCC[C@H](C)N1CCCCCn1c(=O)c(-c2cccc(C(=N)N)c2)nc2ccc(NS(=O)(=O)Cc3ccccc3)cc21. The number of nitrogens with one attached hydrogen (secondary N) is 2. The van der Waals surface area contributed by atoms with Crippen LogP contribution in [0.2, 0.25) is 0 Å². The Bertz CT molecular complexity index is 1780. The Morgan fingerprint density at radius 3 is 2.41 bits per heavy atom. The lowest BCUT2D eigenvalue weighted by molar-refractivity contribution is 0.101. The molecular weight excluding hydrogens is 572 g/mol. The first kappa shape index (κ1) is 31.4.